The molecule has 2 aromatic carbocycles. The Labute approximate surface area is 127 Å². The fourth-order valence-electron chi connectivity index (χ4n) is 1.39. The molecule has 0 aliphatic rings. The summed E-state index contributed by atoms with van der Waals surface area (Å²) >= 11 is 0. The average Bonchev–Trinajstić information content (AvgIpc) is 2.49. The monoisotopic (exact) mass is 311 g/mol. The quantitative estimate of drug-likeness (QED) is 0.670. The summed E-state index contributed by atoms with van der Waals surface area (Å²) < 4.78 is 15.5. The number of rotatable bonds is 2. The fraction of sp³-hybridized carbons (Fsp3) is 0.143. The highest BCUT2D eigenvalue weighted by Crippen LogP contribution is 2.23. The third-order valence-electron chi connectivity index (χ3n) is 2.39. The van der Waals surface area contributed by atoms with Gasteiger partial charge in [-0.3, -0.25) is 24.6 Å². The topological polar surface area (TPSA) is 107 Å². The zero-order valence-electron chi connectivity index (χ0n) is 12.7. The number of phenolic OH excluding ortho intramolecular Hbond substituents is 1. The van der Waals surface area contributed by atoms with Crippen LogP contribution in [-0.4, -0.2) is 22.1 Å². The zero-order valence-corrected chi connectivity index (χ0v) is 11.7. The molecule has 2 aromatic rings. The Morgan fingerprint density at radius 2 is 1.41 bits per heavy atom. The second-order valence-electron chi connectivity index (χ2n) is 3.79. The molecule has 22 heavy (non-hydrogen) atoms. The maximum atomic E-state index is 10.2. The molecule has 0 aliphatic carbocycles. The summed E-state index contributed by atoms with van der Waals surface area (Å²) in [5.74, 6) is -0.299. The van der Waals surface area contributed by atoms with Gasteiger partial charge in [-0.2, -0.15) is 0 Å². The largest absolute Gasteiger partial charge is 0.502 e. The highest BCUT2D eigenvalue weighted by molar-refractivity contribution is 5.44. The summed E-state index contributed by atoms with van der Waals surface area (Å²) in [5.41, 5.74) is 0.623. The van der Waals surface area contributed by atoms with E-state index in [0.29, 0.717) is 5.56 Å². The first-order valence-electron chi connectivity index (χ1n) is 6.53. The van der Waals surface area contributed by atoms with Gasteiger partial charge in [0.25, 0.3) is 5.69 Å². The summed E-state index contributed by atoms with van der Waals surface area (Å²) in [6, 6.07) is 12.2. The Balaban J connectivity index is 0.000000360. The van der Waals surface area contributed by atoms with Crippen molar-refractivity contribution < 1.29 is 20.7 Å². The van der Waals surface area contributed by atoms with Gasteiger partial charge < -0.3 is 5.11 Å². The Morgan fingerprint density at radius 1 is 1.00 bits per heavy atom. The first kappa shape index (κ1) is 17.0. The normalized spacial score (nSPS) is 9.27. The lowest BCUT2D eigenvalue weighted by atomic mass is 10.2. The fourth-order valence-corrected chi connectivity index (χ4v) is 1.39. The molecule has 0 aliphatic heterocycles. The van der Waals surface area contributed by atoms with Crippen molar-refractivity contribution in [3.63, 3.8) is 0 Å². The number of halogens is 1. The average molecular weight is 311 g/mol. The van der Waals surface area contributed by atoms with Crippen LogP contribution in [0.25, 0.3) is 0 Å². The molecule has 0 aromatic heterocycles. The molecule has 0 bridgehead atoms. The van der Waals surface area contributed by atoms with Crippen LogP contribution in [0.3, 0.4) is 0 Å². The maximum absolute atomic E-state index is 10.2. The van der Waals surface area contributed by atoms with E-state index in [0.717, 1.165) is 0 Å². The van der Waals surface area contributed by atoms with E-state index in [-0.39, 0.29) is 22.0 Å². The van der Waals surface area contributed by atoms with E-state index in [9.17, 15) is 24.6 Å². The van der Waals surface area contributed by atoms with Gasteiger partial charge in [0.2, 0.25) is 0 Å². The summed E-state index contributed by atoms with van der Waals surface area (Å²) in [4.78, 5) is 19.3. The van der Waals surface area contributed by atoms with E-state index in [1.165, 1.54) is 30.3 Å². The molecule has 0 fully saturated rings. The van der Waals surface area contributed by atoms with Crippen molar-refractivity contribution in [2.75, 3.05) is 7.15 Å². The second-order valence-corrected chi connectivity index (χ2v) is 3.79. The summed E-state index contributed by atoms with van der Waals surface area (Å²) in [5, 5.41) is 29.1. The minimum atomic E-state index is -1.00. The molecule has 8 heteroatoms. The maximum Gasteiger partial charge on any atom is 0.310 e. The van der Waals surface area contributed by atoms with Crippen molar-refractivity contribution >= 4 is 11.4 Å². The SMILES string of the molecule is Cc1ccccc1[N+](=O)[O-].O=[N+]([O-])c1ccccc1O.[2H]CF. The van der Waals surface area contributed by atoms with Crippen LogP contribution in [0.2, 0.25) is 0 Å². The van der Waals surface area contributed by atoms with E-state index in [4.69, 9.17) is 6.48 Å². The van der Waals surface area contributed by atoms with Crippen LogP contribution in [0.1, 0.15) is 6.93 Å². The van der Waals surface area contributed by atoms with Crippen LogP contribution >= 0.6 is 0 Å². The van der Waals surface area contributed by atoms with Gasteiger partial charge in [0.1, 0.15) is 0 Å². The Morgan fingerprint density at radius 3 is 1.73 bits per heavy atom. The standard InChI is InChI=1S/C7H7NO2.C6H5NO3.CH3F/c1-6-4-2-3-5-7(6)8(9)10;8-6-4-2-1-3-5(6)7(9)10;1-2/h2-5H,1H3;1-4,8H;1H3/i;;1D. The van der Waals surface area contributed by atoms with Crippen LogP contribution in [-0.2, 0) is 0 Å². The van der Waals surface area contributed by atoms with Crippen LogP contribution in [0.5, 0.6) is 5.75 Å². The molecule has 118 valence electrons. The number of nitro benzene ring substituents is 2. The van der Waals surface area contributed by atoms with Gasteiger partial charge in [-0.25, -0.2) is 0 Å². The molecular weight excluding hydrogens is 295 g/mol. The molecule has 1 N–H and O–H groups in total. The van der Waals surface area contributed by atoms with Crippen LogP contribution in [0.4, 0.5) is 15.8 Å². The van der Waals surface area contributed by atoms with Gasteiger partial charge >= 0.3 is 5.69 Å². The van der Waals surface area contributed by atoms with E-state index >= 15 is 0 Å². The van der Waals surface area contributed by atoms with Gasteiger partial charge in [-0.15, -0.1) is 0 Å². The van der Waals surface area contributed by atoms with Crippen molar-refractivity contribution in [3.05, 3.63) is 74.3 Å². The summed E-state index contributed by atoms with van der Waals surface area (Å²) in [7, 11) is -1.00. The molecule has 0 spiro atoms. The number of hydrogen-bond donors (Lipinski definition) is 1. The van der Waals surface area contributed by atoms with E-state index < -0.39 is 12.1 Å². The first-order chi connectivity index (χ1) is 10.8. The molecule has 0 unspecified atom stereocenters. The molecule has 0 amide bonds. The number of nitro groups is 2. The molecule has 0 radical (unpaired) electrons. The third kappa shape index (κ3) is 5.95. The number of nitrogens with zero attached hydrogens (tertiary/aromatic N) is 2. The Hall–Kier alpha value is -3.03. The third-order valence-corrected chi connectivity index (χ3v) is 2.39. The number of benzene rings is 2. The van der Waals surface area contributed by atoms with E-state index in [2.05, 4.69) is 0 Å². The predicted molar refractivity (Wildman–Crippen MR) is 79.6 cm³/mol. The Kier molecular flexibility index (Phi) is 7.59. The van der Waals surface area contributed by atoms with Crippen molar-refractivity contribution in [3.8, 4) is 5.75 Å². The van der Waals surface area contributed by atoms with Gasteiger partial charge in [0, 0.05) is 17.7 Å². The predicted octanol–water partition coefficient (Wildman–Crippen LogP) is 3.79. The number of aryl methyl sites for hydroxylation is 1. The van der Waals surface area contributed by atoms with Crippen molar-refractivity contribution in [1.82, 2.24) is 0 Å². The molecule has 0 atom stereocenters. The van der Waals surface area contributed by atoms with Crippen LogP contribution < -0.4 is 0 Å². The highest BCUT2D eigenvalue weighted by atomic mass is 19.1. The van der Waals surface area contributed by atoms with E-state index in [1.807, 2.05) is 0 Å². The van der Waals surface area contributed by atoms with Gasteiger partial charge in [0.15, 0.2) is 5.75 Å². The summed E-state index contributed by atoms with van der Waals surface area (Å²) in [6.07, 6.45) is 0. The van der Waals surface area contributed by atoms with Crippen LogP contribution in [0, 0.1) is 27.2 Å². The summed E-state index contributed by atoms with van der Waals surface area (Å²) in [6.45, 7) is 1.72. The van der Waals surface area contributed by atoms with Crippen LogP contribution in [0.15, 0.2) is 48.5 Å². The van der Waals surface area contributed by atoms with Gasteiger partial charge in [-0.1, -0.05) is 30.3 Å². The molecule has 0 saturated heterocycles. The second kappa shape index (κ2) is 9.81. The molecular formula is C14H15FN2O5. The highest BCUT2D eigenvalue weighted by Gasteiger charge is 2.09. The molecule has 7 nitrogen and oxygen atoms in total. The van der Waals surface area contributed by atoms with Crippen molar-refractivity contribution in [1.29, 1.82) is 0 Å². The lowest BCUT2D eigenvalue weighted by molar-refractivity contribution is -0.385. The zero-order chi connectivity index (χ0) is 17.8. The molecule has 0 heterocycles. The minimum absolute atomic E-state index is 0.183. The Bertz CT molecular complexity index is 599. The number of hydrogen-bond acceptors (Lipinski definition) is 5. The number of phenols is 1. The van der Waals surface area contributed by atoms with Crippen molar-refractivity contribution in [2.24, 2.45) is 0 Å². The first-order valence-corrected chi connectivity index (χ1v) is 5.82. The smallest absolute Gasteiger partial charge is 0.310 e. The van der Waals surface area contributed by atoms with Crippen molar-refractivity contribution in [2.45, 2.75) is 6.92 Å². The lowest BCUT2D eigenvalue weighted by Crippen LogP contribution is -1.89. The van der Waals surface area contributed by atoms with Gasteiger partial charge in [0.05, 0.1) is 18.4 Å². The number of alkyl halides is 1. The number of para-hydroxylation sites is 3. The number of aromatic hydroxyl groups is 1. The van der Waals surface area contributed by atoms with E-state index in [1.54, 1.807) is 25.1 Å². The van der Waals surface area contributed by atoms with Gasteiger partial charge in [-0.05, 0) is 13.0 Å². The lowest BCUT2D eigenvalue weighted by Gasteiger charge is -1.92. The minimum Gasteiger partial charge on any atom is -0.502 e. The molecule has 0 saturated carbocycles. The molecule has 2 rings (SSSR count).